The summed E-state index contributed by atoms with van der Waals surface area (Å²) in [7, 11) is 1.27. The summed E-state index contributed by atoms with van der Waals surface area (Å²) in [6, 6.07) is 21.8. The fourth-order valence-electron chi connectivity index (χ4n) is 4.94. The smallest absolute Gasteiger partial charge is 0.416 e. The molecule has 0 aliphatic heterocycles. The van der Waals surface area contributed by atoms with Crippen LogP contribution in [0.3, 0.4) is 0 Å². The third-order valence-corrected chi connectivity index (χ3v) is 6.97. The lowest BCUT2D eigenvalue weighted by atomic mass is 9.80. The summed E-state index contributed by atoms with van der Waals surface area (Å²) in [5.74, 6) is -1.00. The van der Waals surface area contributed by atoms with Gasteiger partial charge in [0.15, 0.2) is 5.65 Å². The van der Waals surface area contributed by atoms with Gasteiger partial charge in [0.1, 0.15) is 11.2 Å². The Balaban J connectivity index is 1.68. The summed E-state index contributed by atoms with van der Waals surface area (Å²) in [6.07, 6.45) is -2.87. The molecule has 41 heavy (non-hydrogen) atoms. The van der Waals surface area contributed by atoms with Gasteiger partial charge in [0.05, 0.1) is 36.2 Å². The number of fused-ring (bicyclic) bond motifs is 1. The Labute approximate surface area is 233 Å². The molecule has 0 saturated heterocycles. The molecule has 1 N–H and O–H groups in total. The zero-order chi connectivity index (χ0) is 29.2. The zero-order valence-electron chi connectivity index (χ0n) is 22.2. The van der Waals surface area contributed by atoms with E-state index in [1.165, 1.54) is 42.1 Å². The molecule has 2 aromatic heterocycles. The molecule has 0 aliphatic rings. The molecule has 10 heteroatoms. The first-order valence-electron chi connectivity index (χ1n) is 12.8. The van der Waals surface area contributed by atoms with Crippen LogP contribution in [0.25, 0.3) is 16.8 Å². The van der Waals surface area contributed by atoms with Crippen LogP contribution < -0.4 is 5.32 Å². The first-order valence-corrected chi connectivity index (χ1v) is 12.8. The van der Waals surface area contributed by atoms with E-state index in [-0.39, 0.29) is 13.0 Å². The van der Waals surface area contributed by atoms with Crippen LogP contribution in [0, 0.1) is 5.82 Å². The highest BCUT2D eigenvalue weighted by atomic mass is 19.4. The van der Waals surface area contributed by atoms with Crippen molar-refractivity contribution < 1.29 is 27.1 Å². The number of carbonyl (C=O) groups is 1. The van der Waals surface area contributed by atoms with Gasteiger partial charge < -0.3 is 10.1 Å². The number of methoxy groups -OCH3 is 1. The van der Waals surface area contributed by atoms with Gasteiger partial charge >= 0.3 is 12.1 Å². The number of para-hydroxylation sites is 1. The van der Waals surface area contributed by atoms with Gasteiger partial charge in [-0.1, -0.05) is 42.5 Å². The van der Waals surface area contributed by atoms with Gasteiger partial charge in [0.2, 0.25) is 0 Å². The first kappa shape index (κ1) is 27.8. The van der Waals surface area contributed by atoms with Crippen molar-refractivity contribution in [2.75, 3.05) is 12.4 Å². The van der Waals surface area contributed by atoms with Gasteiger partial charge in [-0.2, -0.15) is 18.3 Å². The van der Waals surface area contributed by atoms with Crippen LogP contribution in [-0.2, 0) is 34.1 Å². The number of ether oxygens (including phenoxy) is 1. The number of aromatic nitrogens is 3. The highest BCUT2D eigenvalue weighted by Gasteiger charge is 2.40. The second-order valence-electron chi connectivity index (χ2n) is 9.81. The normalized spacial score (nSPS) is 13.1. The Hall–Kier alpha value is -4.73. The minimum Gasteiger partial charge on any atom is -0.468 e. The quantitative estimate of drug-likeness (QED) is 0.166. The van der Waals surface area contributed by atoms with E-state index in [0.29, 0.717) is 33.7 Å². The Morgan fingerprint density at radius 2 is 1.71 bits per heavy atom. The van der Waals surface area contributed by atoms with Crippen molar-refractivity contribution in [2.45, 2.75) is 31.5 Å². The summed E-state index contributed by atoms with van der Waals surface area (Å²) in [5.41, 5.74) is 1.59. The van der Waals surface area contributed by atoms with Crippen molar-refractivity contribution in [1.29, 1.82) is 0 Å². The number of rotatable bonds is 8. The Morgan fingerprint density at radius 1 is 0.976 bits per heavy atom. The molecule has 5 aromatic rings. The summed E-state index contributed by atoms with van der Waals surface area (Å²) >= 11 is 0. The van der Waals surface area contributed by atoms with Crippen LogP contribution in [0.4, 0.5) is 23.2 Å². The number of halogens is 4. The molecule has 1 atom stereocenters. The molecule has 0 bridgehead atoms. The second kappa shape index (κ2) is 11.0. The fourth-order valence-corrected chi connectivity index (χ4v) is 4.94. The van der Waals surface area contributed by atoms with Crippen molar-refractivity contribution in [2.24, 2.45) is 0 Å². The molecule has 0 saturated carbocycles. The fraction of sp³-hybridized carbons (Fsp3) is 0.194. The molecule has 0 spiro atoms. The minimum atomic E-state index is -4.48. The number of hydrogen-bond donors (Lipinski definition) is 1. The first-order chi connectivity index (χ1) is 19.6. The van der Waals surface area contributed by atoms with Crippen LogP contribution in [0.2, 0.25) is 0 Å². The number of anilines is 1. The highest BCUT2D eigenvalue weighted by Crippen LogP contribution is 2.36. The Kier molecular flexibility index (Phi) is 7.49. The average Bonchev–Trinajstić information content (AvgIpc) is 3.34. The van der Waals surface area contributed by atoms with Gasteiger partial charge in [-0.25, -0.2) is 13.9 Å². The average molecular weight is 563 g/mol. The van der Waals surface area contributed by atoms with Crippen molar-refractivity contribution in [3.63, 3.8) is 0 Å². The number of hydrogen-bond acceptors (Lipinski definition) is 5. The topological polar surface area (TPSA) is 68.5 Å². The molecule has 210 valence electrons. The van der Waals surface area contributed by atoms with Gasteiger partial charge in [0.25, 0.3) is 0 Å². The third kappa shape index (κ3) is 5.63. The SMILES string of the molecule is COC(=O)C(C)(Cc1cccc(F)c1)c1ccnc2c(-c3ccc(C(F)(F)F)cc3)c(CNc3ccccc3)nn12. The highest BCUT2D eigenvalue weighted by molar-refractivity contribution is 5.85. The molecule has 0 amide bonds. The van der Waals surface area contributed by atoms with E-state index >= 15 is 0 Å². The largest absolute Gasteiger partial charge is 0.468 e. The lowest BCUT2D eigenvalue weighted by molar-refractivity contribution is -0.147. The van der Waals surface area contributed by atoms with E-state index in [0.717, 1.165) is 17.8 Å². The molecular formula is C31H26F4N4O2. The van der Waals surface area contributed by atoms with Crippen LogP contribution in [0.15, 0.2) is 91.1 Å². The summed E-state index contributed by atoms with van der Waals surface area (Å²) in [5, 5.41) is 8.09. The van der Waals surface area contributed by atoms with Crippen molar-refractivity contribution in [3.05, 3.63) is 119 Å². The number of carbonyl (C=O) groups excluding carboxylic acids is 1. The maximum Gasteiger partial charge on any atom is 0.416 e. The number of alkyl halides is 3. The molecule has 1 unspecified atom stereocenters. The molecule has 0 radical (unpaired) electrons. The maximum absolute atomic E-state index is 14.0. The molecule has 3 aromatic carbocycles. The van der Waals surface area contributed by atoms with Crippen molar-refractivity contribution in [1.82, 2.24) is 14.6 Å². The number of nitrogens with one attached hydrogen (secondary N) is 1. The lowest BCUT2D eigenvalue weighted by Gasteiger charge is -2.27. The molecule has 2 heterocycles. The van der Waals surface area contributed by atoms with E-state index in [4.69, 9.17) is 9.84 Å². The van der Waals surface area contributed by atoms with Crippen molar-refractivity contribution >= 4 is 17.3 Å². The lowest BCUT2D eigenvalue weighted by Crippen LogP contribution is -2.38. The van der Waals surface area contributed by atoms with Crippen molar-refractivity contribution in [3.8, 4) is 11.1 Å². The second-order valence-corrected chi connectivity index (χ2v) is 9.81. The van der Waals surface area contributed by atoms with Crippen LogP contribution in [-0.4, -0.2) is 27.7 Å². The van der Waals surface area contributed by atoms with E-state index < -0.39 is 28.9 Å². The van der Waals surface area contributed by atoms with Crippen LogP contribution in [0.1, 0.15) is 29.4 Å². The minimum absolute atomic E-state index is 0.101. The summed E-state index contributed by atoms with van der Waals surface area (Å²) in [4.78, 5) is 17.8. The molecule has 0 aliphatic carbocycles. The predicted octanol–water partition coefficient (Wildman–Crippen LogP) is 6.84. The summed E-state index contributed by atoms with van der Waals surface area (Å²) in [6.45, 7) is 1.90. The van der Waals surface area contributed by atoms with Gasteiger partial charge in [-0.05, 0) is 66.9 Å². The molecular weight excluding hydrogens is 536 g/mol. The summed E-state index contributed by atoms with van der Waals surface area (Å²) < 4.78 is 60.6. The molecule has 6 nitrogen and oxygen atoms in total. The monoisotopic (exact) mass is 562 g/mol. The Bertz CT molecular complexity index is 1680. The van der Waals surface area contributed by atoms with Gasteiger partial charge in [-0.3, -0.25) is 4.79 Å². The standard InChI is InChI=1S/C31H26F4N4O2/c1-30(29(40)41-2,18-20-7-6-8-23(32)17-20)26-15-16-36-28-27(21-11-13-22(14-12-21)31(33,34)35)25(38-39(26)28)19-37-24-9-4-3-5-10-24/h3-17,37H,18-19H2,1-2H3. The third-order valence-electron chi connectivity index (χ3n) is 6.97. The number of nitrogens with zero attached hydrogens (tertiary/aromatic N) is 3. The Morgan fingerprint density at radius 3 is 2.37 bits per heavy atom. The van der Waals surface area contributed by atoms with Crippen LogP contribution >= 0.6 is 0 Å². The maximum atomic E-state index is 14.0. The van der Waals surface area contributed by atoms with E-state index in [1.54, 1.807) is 25.1 Å². The van der Waals surface area contributed by atoms with Gasteiger partial charge in [-0.15, -0.1) is 0 Å². The molecule has 5 rings (SSSR count). The zero-order valence-corrected chi connectivity index (χ0v) is 22.2. The van der Waals surface area contributed by atoms with E-state index in [1.807, 2.05) is 30.3 Å². The van der Waals surface area contributed by atoms with E-state index in [2.05, 4.69) is 10.3 Å². The molecule has 0 fully saturated rings. The van der Waals surface area contributed by atoms with Crippen LogP contribution in [0.5, 0.6) is 0 Å². The number of esters is 1. The van der Waals surface area contributed by atoms with E-state index in [9.17, 15) is 22.4 Å². The van der Waals surface area contributed by atoms with Gasteiger partial charge in [0, 0.05) is 11.9 Å². The predicted molar refractivity (Wildman–Crippen MR) is 147 cm³/mol. The number of benzene rings is 3.